The molecule has 0 bridgehead atoms. The van der Waals surface area contributed by atoms with Crippen LogP contribution in [0, 0.1) is 13.8 Å². The Hall–Kier alpha value is -1.91. The van der Waals surface area contributed by atoms with E-state index in [1.165, 1.54) is 11.4 Å². The molecule has 2 heterocycles. The molecule has 27 heavy (non-hydrogen) atoms. The van der Waals surface area contributed by atoms with Crippen molar-refractivity contribution in [2.75, 3.05) is 32.5 Å². The maximum atomic E-state index is 12.5. The Balaban J connectivity index is 1.99. The van der Waals surface area contributed by atoms with Crippen LogP contribution < -0.4 is 5.32 Å². The Morgan fingerprint density at radius 3 is 2.41 bits per heavy atom. The molecule has 10 heteroatoms. The number of hydrogen-bond donors (Lipinski definition) is 2. The number of nitrogens with zero attached hydrogens (tertiary/aromatic N) is 1. The monoisotopic (exact) mass is 401 g/mol. The van der Waals surface area contributed by atoms with E-state index in [2.05, 4.69) is 10.3 Å². The number of H-pyrrole nitrogens is 1. The van der Waals surface area contributed by atoms with Gasteiger partial charge in [-0.05, 0) is 33.3 Å². The van der Waals surface area contributed by atoms with E-state index in [0.29, 0.717) is 29.9 Å². The summed E-state index contributed by atoms with van der Waals surface area (Å²) in [5, 5.41) is 2.60. The van der Waals surface area contributed by atoms with E-state index in [-0.39, 0.29) is 30.2 Å². The van der Waals surface area contributed by atoms with Crippen molar-refractivity contribution in [2.24, 2.45) is 0 Å². The predicted molar refractivity (Wildman–Crippen MR) is 99.3 cm³/mol. The van der Waals surface area contributed by atoms with Gasteiger partial charge in [0, 0.05) is 25.3 Å². The van der Waals surface area contributed by atoms with Crippen molar-refractivity contribution in [3.05, 3.63) is 22.5 Å². The van der Waals surface area contributed by atoms with Gasteiger partial charge >= 0.3 is 5.97 Å². The number of morpholine rings is 1. The largest absolute Gasteiger partial charge is 0.465 e. The molecule has 0 aromatic carbocycles. The van der Waals surface area contributed by atoms with Crippen LogP contribution >= 0.6 is 0 Å². The van der Waals surface area contributed by atoms with Gasteiger partial charge < -0.3 is 19.8 Å². The molecule has 1 aromatic heterocycles. The molecule has 0 spiro atoms. The second kappa shape index (κ2) is 8.41. The molecule has 0 radical (unpaired) electrons. The third-order valence-corrected chi connectivity index (χ3v) is 6.28. The molecule has 1 saturated heterocycles. The minimum atomic E-state index is -3.50. The van der Waals surface area contributed by atoms with Crippen LogP contribution in [0.25, 0.3) is 0 Å². The summed E-state index contributed by atoms with van der Waals surface area (Å²) in [4.78, 5) is 27.0. The highest BCUT2D eigenvalue weighted by Gasteiger charge is 2.31. The molecule has 2 unspecified atom stereocenters. The fraction of sp³-hybridized carbons (Fsp3) is 0.647. The van der Waals surface area contributed by atoms with Crippen LogP contribution in [0.5, 0.6) is 0 Å². The molecule has 0 aliphatic carbocycles. The van der Waals surface area contributed by atoms with E-state index in [1.54, 1.807) is 13.8 Å². The van der Waals surface area contributed by atoms with Crippen molar-refractivity contribution in [2.45, 2.75) is 39.9 Å². The standard InChI is InChI=1S/C17H27N3O6S/c1-10-8-20(9-11(2)26-10)27(23,24)7-6-18-16(21)15-12(3)14(13(4)19-15)17(22)25-5/h10-11,19H,6-9H2,1-5H3,(H,18,21). The molecule has 1 aliphatic rings. The zero-order valence-electron chi connectivity index (χ0n) is 16.3. The SMILES string of the molecule is COC(=O)c1c(C)[nH]c(C(=O)NCCS(=O)(=O)N2CC(C)OC(C)C2)c1C. The van der Waals surface area contributed by atoms with Crippen molar-refractivity contribution in [1.82, 2.24) is 14.6 Å². The molecule has 2 atom stereocenters. The van der Waals surface area contributed by atoms with Crippen LogP contribution in [0.2, 0.25) is 0 Å². The highest BCUT2D eigenvalue weighted by Crippen LogP contribution is 2.19. The first kappa shape index (κ1) is 21.4. The fourth-order valence-electron chi connectivity index (χ4n) is 3.25. The maximum absolute atomic E-state index is 12.5. The fourth-order valence-corrected chi connectivity index (χ4v) is 4.75. The van der Waals surface area contributed by atoms with Gasteiger partial charge in [-0.3, -0.25) is 4.79 Å². The summed E-state index contributed by atoms with van der Waals surface area (Å²) < 4.78 is 36.7. The minimum Gasteiger partial charge on any atom is -0.465 e. The summed E-state index contributed by atoms with van der Waals surface area (Å²) >= 11 is 0. The summed E-state index contributed by atoms with van der Waals surface area (Å²) in [5.41, 5.74) is 1.52. The molecular weight excluding hydrogens is 374 g/mol. The summed E-state index contributed by atoms with van der Waals surface area (Å²) in [6.07, 6.45) is -0.334. The summed E-state index contributed by atoms with van der Waals surface area (Å²) in [5.74, 6) is -1.20. The predicted octanol–water partition coefficient (Wildman–Crippen LogP) is 0.587. The van der Waals surface area contributed by atoms with Gasteiger partial charge in [-0.25, -0.2) is 13.2 Å². The second-order valence-electron chi connectivity index (χ2n) is 6.76. The first-order valence-electron chi connectivity index (χ1n) is 8.75. The number of sulfonamides is 1. The molecule has 2 rings (SSSR count). The molecule has 9 nitrogen and oxygen atoms in total. The average molecular weight is 401 g/mol. The van der Waals surface area contributed by atoms with E-state index in [9.17, 15) is 18.0 Å². The second-order valence-corrected chi connectivity index (χ2v) is 8.85. The minimum absolute atomic E-state index is 0.0354. The number of carbonyl (C=O) groups is 2. The van der Waals surface area contributed by atoms with Crippen molar-refractivity contribution in [3.8, 4) is 0 Å². The summed E-state index contributed by atoms with van der Waals surface area (Å²) in [7, 11) is -2.23. The van der Waals surface area contributed by atoms with Gasteiger partial charge in [-0.1, -0.05) is 0 Å². The number of carbonyl (C=O) groups excluding carboxylic acids is 2. The highest BCUT2D eigenvalue weighted by atomic mass is 32.2. The third-order valence-electron chi connectivity index (χ3n) is 4.48. The van der Waals surface area contributed by atoms with E-state index in [4.69, 9.17) is 9.47 Å². The van der Waals surface area contributed by atoms with Crippen LogP contribution in [-0.2, 0) is 19.5 Å². The number of rotatable bonds is 6. The van der Waals surface area contributed by atoms with Gasteiger partial charge in [0.15, 0.2) is 0 Å². The Morgan fingerprint density at radius 2 is 1.85 bits per heavy atom. The molecule has 1 fully saturated rings. The molecule has 152 valence electrons. The van der Waals surface area contributed by atoms with Gasteiger partial charge in [-0.15, -0.1) is 0 Å². The molecule has 2 N–H and O–H groups in total. The molecule has 1 aliphatic heterocycles. The Labute approximate surface area is 159 Å². The normalized spacial score (nSPS) is 21.1. The number of hydrogen-bond acceptors (Lipinski definition) is 6. The zero-order valence-corrected chi connectivity index (χ0v) is 17.1. The quantitative estimate of drug-likeness (QED) is 0.674. The highest BCUT2D eigenvalue weighted by molar-refractivity contribution is 7.89. The van der Waals surface area contributed by atoms with Crippen molar-refractivity contribution in [1.29, 1.82) is 0 Å². The number of methoxy groups -OCH3 is 1. The number of esters is 1. The molecule has 1 aromatic rings. The van der Waals surface area contributed by atoms with Crippen LogP contribution in [0.3, 0.4) is 0 Å². The summed E-state index contributed by atoms with van der Waals surface area (Å²) in [6, 6.07) is 0. The first-order chi connectivity index (χ1) is 12.6. The average Bonchev–Trinajstić information content (AvgIpc) is 2.87. The Bertz CT molecular complexity index is 807. The van der Waals surface area contributed by atoms with E-state index < -0.39 is 21.9 Å². The van der Waals surface area contributed by atoms with Crippen LogP contribution in [0.4, 0.5) is 0 Å². The Kier molecular flexibility index (Phi) is 6.66. The van der Waals surface area contributed by atoms with Crippen LogP contribution in [0.1, 0.15) is 46.0 Å². The first-order valence-corrected chi connectivity index (χ1v) is 10.4. The number of aromatic amines is 1. The molecule has 0 saturated carbocycles. The van der Waals surface area contributed by atoms with Gasteiger partial charge in [0.05, 0.1) is 30.6 Å². The third kappa shape index (κ3) is 4.88. The van der Waals surface area contributed by atoms with Gasteiger partial charge in [-0.2, -0.15) is 4.31 Å². The lowest BCUT2D eigenvalue weighted by Crippen LogP contribution is -2.49. The van der Waals surface area contributed by atoms with Gasteiger partial charge in [0.1, 0.15) is 5.69 Å². The number of nitrogens with one attached hydrogen (secondary N) is 2. The van der Waals surface area contributed by atoms with Crippen molar-refractivity contribution in [3.63, 3.8) is 0 Å². The van der Waals surface area contributed by atoms with Gasteiger partial charge in [0.2, 0.25) is 10.0 Å². The lowest BCUT2D eigenvalue weighted by Gasteiger charge is -2.34. The number of aryl methyl sites for hydroxylation is 1. The topological polar surface area (TPSA) is 118 Å². The van der Waals surface area contributed by atoms with E-state index in [1.807, 2.05) is 13.8 Å². The smallest absolute Gasteiger partial charge is 0.339 e. The molecular formula is C17H27N3O6S. The van der Waals surface area contributed by atoms with Crippen LogP contribution in [-0.4, -0.2) is 74.3 Å². The summed E-state index contributed by atoms with van der Waals surface area (Å²) in [6.45, 7) is 7.53. The van der Waals surface area contributed by atoms with E-state index in [0.717, 1.165) is 0 Å². The lowest BCUT2D eigenvalue weighted by atomic mass is 10.1. The Morgan fingerprint density at radius 1 is 1.26 bits per heavy atom. The number of amides is 1. The lowest BCUT2D eigenvalue weighted by molar-refractivity contribution is -0.0440. The number of ether oxygens (including phenoxy) is 2. The van der Waals surface area contributed by atoms with Crippen molar-refractivity contribution >= 4 is 21.9 Å². The van der Waals surface area contributed by atoms with Crippen LogP contribution in [0.15, 0.2) is 0 Å². The van der Waals surface area contributed by atoms with E-state index >= 15 is 0 Å². The van der Waals surface area contributed by atoms with Gasteiger partial charge in [0.25, 0.3) is 5.91 Å². The zero-order chi connectivity index (χ0) is 20.4. The maximum Gasteiger partial charge on any atom is 0.339 e. The van der Waals surface area contributed by atoms with Crippen molar-refractivity contribution < 1.29 is 27.5 Å². The number of aromatic nitrogens is 1. The molecule has 1 amide bonds.